The van der Waals surface area contributed by atoms with E-state index in [0.29, 0.717) is 0 Å². The highest BCUT2D eigenvalue weighted by Crippen LogP contribution is 2.11. The fourth-order valence-corrected chi connectivity index (χ4v) is 1.09. The molecule has 1 rings (SSSR count). The van der Waals surface area contributed by atoms with E-state index in [1.165, 1.54) is 0 Å². The summed E-state index contributed by atoms with van der Waals surface area (Å²) in [4.78, 5) is 10.8. The van der Waals surface area contributed by atoms with E-state index in [-0.39, 0.29) is 5.78 Å². The van der Waals surface area contributed by atoms with Crippen molar-refractivity contribution >= 4 is 11.4 Å². The standard InChI is InChI=1S/C11H12O/c1-9(8-10(2)12)11-6-4-3-5-7-11/h3-8H,1-2H3/b9-8+. The van der Waals surface area contributed by atoms with Gasteiger partial charge in [-0.25, -0.2) is 0 Å². The van der Waals surface area contributed by atoms with Crippen molar-refractivity contribution < 1.29 is 4.79 Å². The summed E-state index contributed by atoms with van der Waals surface area (Å²) in [7, 11) is 0. The van der Waals surface area contributed by atoms with Gasteiger partial charge in [0.15, 0.2) is 5.78 Å². The Kier molecular flexibility index (Phi) is 2.81. The van der Waals surface area contributed by atoms with Crippen molar-refractivity contribution in [3.63, 3.8) is 0 Å². The van der Waals surface area contributed by atoms with E-state index in [1.807, 2.05) is 37.3 Å². The molecule has 0 heterocycles. The van der Waals surface area contributed by atoms with Crippen molar-refractivity contribution in [2.24, 2.45) is 0 Å². The van der Waals surface area contributed by atoms with E-state index in [1.54, 1.807) is 13.0 Å². The summed E-state index contributed by atoms with van der Waals surface area (Å²) in [5.41, 5.74) is 2.12. The second-order valence-electron chi connectivity index (χ2n) is 2.80. The van der Waals surface area contributed by atoms with Crippen LogP contribution in [0.3, 0.4) is 0 Å². The molecule has 0 saturated heterocycles. The fourth-order valence-electron chi connectivity index (χ4n) is 1.09. The molecule has 0 spiro atoms. The summed E-state index contributed by atoms with van der Waals surface area (Å²) in [6.07, 6.45) is 1.65. The second-order valence-corrected chi connectivity index (χ2v) is 2.80. The van der Waals surface area contributed by atoms with Crippen molar-refractivity contribution in [2.75, 3.05) is 0 Å². The molecule has 0 radical (unpaired) electrons. The van der Waals surface area contributed by atoms with E-state index in [4.69, 9.17) is 0 Å². The Morgan fingerprint density at radius 1 is 1.17 bits per heavy atom. The van der Waals surface area contributed by atoms with Gasteiger partial charge in [-0.15, -0.1) is 0 Å². The van der Waals surface area contributed by atoms with Crippen molar-refractivity contribution in [1.82, 2.24) is 0 Å². The lowest BCUT2D eigenvalue weighted by Crippen LogP contribution is -1.85. The zero-order chi connectivity index (χ0) is 8.97. The molecule has 1 nitrogen and oxygen atoms in total. The first-order valence-electron chi connectivity index (χ1n) is 3.94. The summed E-state index contributed by atoms with van der Waals surface area (Å²) in [5, 5.41) is 0. The van der Waals surface area contributed by atoms with Gasteiger partial charge >= 0.3 is 0 Å². The Labute approximate surface area is 72.7 Å². The first-order valence-corrected chi connectivity index (χ1v) is 3.94. The van der Waals surface area contributed by atoms with Crippen LogP contribution in [-0.4, -0.2) is 5.78 Å². The van der Waals surface area contributed by atoms with Crippen LogP contribution in [0, 0.1) is 0 Å². The Hall–Kier alpha value is -1.37. The Morgan fingerprint density at radius 3 is 2.25 bits per heavy atom. The maximum atomic E-state index is 10.8. The van der Waals surface area contributed by atoms with E-state index < -0.39 is 0 Å². The van der Waals surface area contributed by atoms with Crippen LogP contribution in [0.4, 0.5) is 0 Å². The summed E-state index contributed by atoms with van der Waals surface area (Å²) < 4.78 is 0. The van der Waals surface area contributed by atoms with Gasteiger partial charge in [0.1, 0.15) is 0 Å². The highest BCUT2D eigenvalue weighted by atomic mass is 16.1. The van der Waals surface area contributed by atoms with Crippen LogP contribution in [0.1, 0.15) is 19.4 Å². The van der Waals surface area contributed by atoms with Gasteiger partial charge in [-0.2, -0.15) is 0 Å². The molecular formula is C11H12O. The number of hydrogen-bond acceptors (Lipinski definition) is 1. The minimum absolute atomic E-state index is 0.0938. The maximum absolute atomic E-state index is 10.8. The number of rotatable bonds is 2. The summed E-state index contributed by atoms with van der Waals surface area (Å²) in [6, 6.07) is 9.88. The monoisotopic (exact) mass is 160 g/mol. The quantitative estimate of drug-likeness (QED) is 0.608. The van der Waals surface area contributed by atoms with Gasteiger partial charge in [-0.05, 0) is 31.1 Å². The molecule has 62 valence electrons. The SMILES string of the molecule is CC(=O)/C=C(\C)c1ccccc1. The fraction of sp³-hybridized carbons (Fsp3) is 0.182. The van der Waals surface area contributed by atoms with Crippen LogP contribution in [0.15, 0.2) is 36.4 Å². The minimum Gasteiger partial charge on any atom is -0.295 e. The average molecular weight is 160 g/mol. The van der Waals surface area contributed by atoms with Crippen LogP contribution in [-0.2, 0) is 4.79 Å². The maximum Gasteiger partial charge on any atom is 0.152 e. The van der Waals surface area contributed by atoms with Crippen molar-refractivity contribution in [2.45, 2.75) is 13.8 Å². The molecule has 0 bridgehead atoms. The summed E-state index contributed by atoms with van der Waals surface area (Å²) >= 11 is 0. The molecule has 0 aliphatic heterocycles. The molecule has 1 heteroatoms. The highest BCUT2D eigenvalue weighted by Gasteiger charge is 1.94. The molecule has 0 aromatic heterocycles. The van der Waals surface area contributed by atoms with Gasteiger partial charge in [0.2, 0.25) is 0 Å². The van der Waals surface area contributed by atoms with E-state index in [9.17, 15) is 4.79 Å². The van der Waals surface area contributed by atoms with Gasteiger partial charge in [-0.1, -0.05) is 30.3 Å². The van der Waals surface area contributed by atoms with Crippen molar-refractivity contribution in [3.8, 4) is 0 Å². The first kappa shape index (κ1) is 8.72. The van der Waals surface area contributed by atoms with Gasteiger partial charge in [-0.3, -0.25) is 4.79 Å². The number of ketones is 1. The highest BCUT2D eigenvalue weighted by molar-refractivity contribution is 5.94. The third-order valence-corrected chi connectivity index (χ3v) is 1.65. The van der Waals surface area contributed by atoms with Crippen LogP contribution in [0.25, 0.3) is 5.57 Å². The van der Waals surface area contributed by atoms with Gasteiger partial charge in [0.05, 0.1) is 0 Å². The third kappa shape index (κ3) is 2.35. The molecule has 0 amide bonds. The lowest BCUT2D eigenvalue weighted by atomic mass is 10.1. The molecule has 0 atom stereocenters. The molecule has 0 aliphatic carbocycles. The van der Waals surface area contributed by atoms with E-state index in [2.05, 4.69) is 0 Å². The molecule has 1 aromatic carbocycles. The van der Waals surface area contributed by atoms with Gasteiger partial charge < -0.3 is 0 Å². The minimum atomic E-state index is 0.0938. The van der Waals surface area contributed by atoms with Gasteiger partial charge in [0.25, 0.3) is 0 Å². The van der Waals surface area contributed by atoms with E-state index in [0.717, 1.165) is 11.1 Å². The molecule has 0 N–H and O–H groups in total. The number of benzene rings is 1. The molecule has 0 fully saturated rings. The van der Waals surface area contributed by atoms with Crippen LogP contribution < -0.4 is 0 Å². The van der Waals surface area contributed by atoms with Crippen molar-refractivity contribution in [3.05, 3.63) is 42.0 Å². The van der Waals surface area contributed by atoms with Crippen LogP contribution in [0.5, 0.6) is 0 Å². The first-order chi connectivity index (χ1) is 5.70. The van der Waals surface area contributed by atoms with Gasteiger partial charge in [0, 0.05) is 0 Å². The smallest absolute Gasteiger partial charge is 0.152 e. The molecule has 0 saturated carbocycles. The molecule has 12 heavy (non-hydrogen) atoms. The zero-order valence-corrected chi connectivity index (χ0v) is 7.37. The van der Waals surface area contributed by atoms with Crippen LogP contribution >= 0.6 is 0 Å². The summed E-state index contributed by atoms with van der Waals surface area (Å²) in [5.74, 6) is 0.0938. The number of carbonyl (C=O) groups excluding carboxylic acids is 1. The molecule has 1 aromatic rings. The topological polar surface area (TPSA) is 17.1 Å². The Morgan fingerprint density at radius 2 is 1.75 bits per heavy atom. The largest absolute Gasteiger partial charge is 0.295 e. The number of hydrogen-bond donors (Lipinski definition) is 0. The number of carbonyl (C=O) groups is 1. The Bertz CT molecular complexity index is 296. The third-order valence-electron chi connectivity index (χ3n) is 1.65. The normalized spacial score (nSPS) is 11.3. The average Bonchev–Trinajstić information content (AvgIpc) is 2.05. The predicted octanol–water partition coefficient (Wildman–Crippen LogP) is 2.68. The van der Waals surface area contributed by atoms with Crippen LogP contribution in [0.2, 0.25) is 0 Å². The molecule has 0 aliphatic rings. The summed E-state index contributed by atoms with van der Waals surface area (Å²) in [6.45, 7) is 3.50. The van der Waals surface area contributed by atoms with E-state index >= 15 is 0 Å². The zero-order valence-electron chi connectivity index (χ0n) is 7.37. The second kappa shape index (κ2) is 3.86. The van der Waals surface area contributed by atoms with Crippen molar-refractivity contribution in [1.29, 1.82) is 0 Å². The number of allylic oxidation sites excluding steroid dienone is 2. The lowest BCUT2D eigenvalue weighted by Gasteiger charge is -1.98. The predicted molar refractivity (Wildman–Crippen MR) is 50.8 cm³/mol. The molecular weight excluding hydrogens is 148 g/mol. The lowest BCUT2D eigenvalue weighted by molar-refractivity contribution is -0.112. The molecule has 0 unspecified atom stereocenters. The Balaban J connectivity index is 2.93.